The van der Waals surface area contributed by atoms with Crippen LogP contribution < -0.4 is 10.1 Å². The molecule has 0 aromatic heterocycles. The molecule has 0 aliphatic carbocycles. The third kappa shape index (κ3) is 4.26. The van der Waals surface area contributed by atoms with Crippen LogP contribution in [0.5, 0.6) is 5.75 Å². The first-order valence-corrected chi connectivity index (χ1v) is 6.73. The maximum Gasteiger partial charge on any atom is 0.229 e. The number of ether oxygens (including phenoxy) is 1. The van der Waals surface area contributed by atoms with Crippen LogP contribution in [0.1, 0.15) is 26.3 Å². The van der Waals surface area contributed by atoms with E-state index in [9.17, 15) is 4.79 Å². The molecule has 0 radical (unpaired) electrons. The standard InChI is InChI=1S/C14H21NO2S/c1-4-17-12-7-5-11(6-8-12)14(2,3)10-15-13(16)9-18/h5-8,18H,4,9-10H2,1-3H3,(H,15,16). The second-order valence-electron chi connectivity index (χ2n) is 4.78. The van der Waals surface area contributed by atoms with Crippen LogP contribution in [-0.4, -0.2) is 24.8 Å². The maximum absolute atomic E-state index is 11.2. The number of rotatable bonds is 6. The van der Waals surface area contributed by atoms with E-state index < -0.39 is 0 Å². The summed E-state index contributed by atoms with van der Waals surface area (Å²) in [7, 11) is 0. The van der Waals surface area contributed by atoms with Crippen molar-refractivity contribution in [3.63, 3.8) is 0 Å². The molecule has 1 aromatic carbocycles. The first-order chi connectivity index (χ1) is 8.49. The molecule has 3 nitrogen and oxygen atoms in total. The number of hydrogen-bond acceptors (Lipinski definition) is 3. The van der Waals surface area contributed by atoms with E-state index >= 15 is 0 Å². The van der Waals surface area contributed by atoms with E-state index in [1.807, 2.05) is 31.2 Å². The van der Waals surface area contributed by atoms with Gasteiger partial charge >= 0.3 is 0 Å². The van der Waals surface area contributed by atoms with Gasteiger partial charge in [0, 0.05) is 12.0 Å². The number of hydrogen-bond donors (Lipinski definition) is 2. The first kappa shape index (κ1) is 14.9. The lowest BCUT2D eigenvalue weighted by Crippen LogP contribution is -2.37. The van der Waals surface area contributed by atoms with E-state index in [-0.39, 0.29) is 17.1 Å². The Kier molecular flexibility index (Phi) is 5.54. The minimum absolute atomic E-state index is 0.0441. The number of carbonyl (C=O) groups is 1. The summed E-state index contributed by atoms with van der Waals surface area (Å²) in [6.07, 6.45) is 0. The van der Waals surface area contributed by atoms with E-state index in [1.54, 1.807) is 0 Å². The third-order valence-electron chi connectivity index (χ3n) is 2.82. The average molecular weight is 267 g/mol. The molecule has 0 saturated heterocycles. The summed E-state index contributed by atoms with van der Waals surface area (Å²) in [6, 6.07) is 8.00. The van der Waals surface area contributed by atoms with Gasteiger partial charge in [0.2, 0.25) is 5.91 Å². The maximum atomic E-state index is 11.2. The topological polar surface area (TPSA) is 38.3 Å². The zero-order chi connectivity index (χ0) is 13.6. The van der Waals surface area contributed by atoms with Gasteiger partial charge in [-0.15, -0.1) is 0 Å². The fraction of sp³-hybridized carbons (Fsp3) is 0.500. The van der Waals surface area contributed by atoms with Crippen molar-refractivity contribution < 1.29 is 9.53 Å². The van der Waals surface area contributed by atoms with Crippen LogP contribution in [0, 0.1) is 0 Å². The normalized spacial score (nSPS) is 11.1. The van der Waals surface area contributed by atoms with Crippen LogP contribution in [0.3, 0.4) is 0 Å². The summed E-state index contributed by atoms with van der Waals surface area (Å²) in [4.78, 5) is 11.2. The molecule has 0 aliphatic rings. The molecule has 0 bridgehead atoms. The van der Waals surface area contributed by atoms with Gasteiger partial charge in [-0.25, -0.2) is 0 Å². The largest absolute Gasteiger partial charge is 0.494 e. The minimum Gasteiger partial charge on any atom is -0.494 e. The molecule has 0 fully saturated rings. The number of thiol groups is 1. The fourth-order valence-electron chi connectivity index (χ4n) is 1.65. The van der Waals surface area contributed by atoms with Crippen molar-refractivity contribution in [1.82, 2.24) is 5.32 Å². The van der Waals surface area contributed by atoms with Gasteiger partial charge < -0.3 is 10.1 Å². The van der Waals surface area contributed by atoms with Crippen molar-refractivity contribution in [2.24, 2.45) is 0 Å². The monoisotopic (exact) mass is 267 g/mol. The summed E-state index contributed by atoms with van der Waals surface area (Å²) in [5.41, 5.74) is 1.06. The summed E-state index contributed by atoms with van der Waals surface area (Å²) in [5, 5.41) is 2.86. The molecule has 0 atom stereocenters. The van der Waals surface area contributed by atoms with Crippen LogP contribution in [0.25, 0.3) is 0 Å². The third-order valence-corrected chi connectivity index (χ3v) is 3.11. The Labute approximate surface area is 114 Å². The molecular formula is C14H21NO2S. The minimum atomic E-state index is -0.108. The lowest BCUT2D eigenvalue weighted by Gasteiger charge is -2.25. The first-order valence-electron chi connectivity index (χ1n) is 6.10. The van der Waals surface area contributed by atoms with Gasteiger partial charge in [0.1, 0.15) is 5.75 Å². The van der Waals surface area contributed by atoms with Crippen LogP contribution in [0.4, 0.5) is 0 Å². The molecule has 100 valence electrons. The van der Waals surface area contributed by atoms with E-state index in [0.717, 1.165) is 5.75 Å². The molecule has 0 heterocycles. The Bertz CT molecular complexity index is 387. The SMILES string of the molecule is CCOc1ccc(C(C)(C)CNC(=O)CS)cc1. The summed E-state index contributed by atoms with van der Waals surface area (Å²) in [6.45, 7) is 7.43. The fourth-order valence-corrected chi connectivity index (χ4v) is 1.76. The lowest BCUT2D eigenvalue weighted by molar-refractivity contribution is -0.118. The molecule has 1 aromatic rings. The van der Waals surface area contributed by atoms with Gasteiger partial charge in [-0.3, -0.25) is 4.79 Å². The van der Waals surface area contributed by atoms with Crippen LogP contribution in [0.15, 0.2) is 24.3 Å². The van der Waals surface area contributed by atoms with Crippen molar-refractivity contribution in [2.45, 2.75) is 26.2 Å². The predicted molar refractivity (Wildman–Crippen MR) is 77.5 cm³/mol. The van der Waals surface area contributed by atoms with E-state index in [4.69, 9.17) is 4.74 Å². The molecule has 4 heteroatoms. The van der Waals surface area contributed by atoms with Crippen molar-refractivity contribution in [3.8, 4) is 5.75 Å². The summed E-state index contributed by atoms with van der Waals surface area (Å²) >= 11 is 3.94. The highest BCUT2D eigenvalue weighted by molar-refractivity contribution is 7.81. The quantitative estimate of drug-likeness (QED) is 0.777. The highest BCUT2D eigenvalue weighted by Gasteiger charge is 2.21. The van der Waals surface area contributed by atoms with Crippen molar-refractivity contribution >= 4 is 18.5 Å². The number of amides is 1. The van der Waals surface area contributed by atoms with E-state index in [1.165, 1.54) is 5.56 Å². The number of benzene rings is 1. The summed E-state index contributed by atoms with van der Waals surface area (Å²) in [5.74, 6) is 1.05. The summed E-state index contributed by atoms with van der Waals surface area (Å²) < 4.78 is 5.41. The van der Waals surface area contributed by atoms with Gasteiger partial charge in [-0.05, 0) is 24.6 Å². The zero-order valence-electron chi connectivity index (χ0n) is 11.2. The predicted octanol–water partition coefficient (Wildman–Crippen LogP) is 2.41. The highest BCUT2D eigenvalue weighted by atomic mass is 32.1. The Hall–Kier alpha value is -1.16. The smallest absolute Gasteiger partial charge is 0.229 e. The molecule has 0 spiro atoms. The number of nitrogens with one attached hydrogen (secondary N) is 1. The second kappa shape index (κ2) is 6.69. The molecule has 0 unspecified atom stereocenters. The molecule has 0 saturated carbocycles. The van der Waals surface area contributed by atoms with Crippen molar-refractivity contribution in [1.29, 1.82) is 0 Å². The van der Waals surface area contributed by atoms with Crippen LogP contribution in [0.2, 0.25) is 0 Å². The zero-order valence-corrected chi connectivity index (χ0v) is 12.1. The average Bonchev–Trinajstić information content (AvgIpc) is 2.37. The van der Waals surface area contributed by atoms with Gasteiger partial charge in [0.25, 0.3) is 0 Å². The van der Waals surface area contributed by atoms with Crippen LogP contribution >= 0.6 is 12.6 Å². The molecule has 1 amide bonds. The Morgan fingerprint density at radius 1 is 1.33 bits per heavy atom. The lowest BCUT2D eigenvalue weighted by atomic mass is 9.84. The van der Waals surface area contributed by atoms with Gasteiger partial charge in [0.15, 0.2) is 0 Å². The second-order valence-corrected chi connectivity index (χ2v) is 5.09. The Morgan fingerprint density at radius 2 is 1.94 bits per heavy atom. The Balaban J connectivity index is 2.68. The number of carbonyl (C=O) groups excluding carboxylic acids is 1. The molecule has 0 aliphatic heterocycles. The van der Waals surface area contributed by atoms with Gasteiger partial charge in [-0.1, -0.05) is 26.0 Å². The molecular weight excluding hydrogens is 246 g/mol. The Morgan fingerprint density at radius 3 is 2.44 bits per heavy atom. The van der Waals surface area contributed by atoms with Crippen molar-refractivity contribution in [3.05, 3.63) is 29.8 Å². The molecule has 18 heavy (non-hydrogen) atoms. The van der Waals surface area contributed by atoms with Gasteiger partial charge in [0.05, 0.1) is 12.4 Å². The van der Waals surface area contributed by atoms with Crippen molar-refractivity contribution in [2.75, 3.05) is 18.9 Å². The molecule has 1 rings (SSSR count). The highest BCUT2D eigenvalue weighted by Crippen LogP contribution is 2.24. The van der Waals surface area contributed by atoms with E-state index in [0.29, 0.717) is 13.2 Å². The molecule has 1 N–H and O–H groups in total. The van der Waals surface area contributed by atoms with Crippen LogP contribution in [-0.2, 0) is 10.2 Å². The van der Waals surface area contributed by atoms with Gasteiger partial charge in [-0.2, -0.15) is 12.6 Å². The van der Waals surface area contributed by atoms with E-state index in [2.05, 4.69) is 31.8 Å².